The summed E-state index contributed by atoms with van der Waals surface area (Å²) in [6, 6.07) is 11.5. The molecule has 18 heavy (non-hydrogen) atoms. The summed E-state index contributed by atoms with van der Waals surface area (Å²) in [5.74, 6) is 0.593. The Hall–Kier alpha value is -1.12. The van der Waals surface area contributed by atoms with Gasteiger partial charge in [0.05, 0.1) is 6.04 Å². The van der Waals surface area contributed by atoms with Gasteiger partial charge in [-0.25, -0.2) is 0 Å². The summed E-state index contributed by atoms with van der Waals surface area (Å²) < 4.78 is 0. The van der Waals surface area contributed by atoms with Crippen LogP contribution in [0.2, 0.25) is 0 Å². The predicted octanol–water partition coefficient (Wildman–Crippen LogP) is 4.49. The van der Waals surface area contributed by atoms with Crippen LogP contribution in [-0.2, 0) is 0 Å². The van der Waals surface area contributed by atoms with E-state index in [0.717, 1.165) is 0 Å². The Labute approximate surface area is 114 Å². The van der Waals surface area contributed by atoms with Crippen LogP contribution in [0, 0.1) is 6.92 Å². The Morgan fingerprint density at radius 1 is 1.00 bits per heavy atom. The molecule has 2 rings (SSSR count). The minimum Gasteiger partial charge on any atom is -0.309 e. The van der Waals surface area contributed by atoms with Gasteiger partial charge in [0.15, 0.2) is 0 Å². The first-order valence-electron chi connectivity index (χ1n) is 6.44. The lowest BCUT2D eigenvalue weighted by atomic mass is 9.97. The minimum atomic E-state index is 0.311. The SMILES string of the molecule is CNC(c1ccc(C(C)C)cc1)c1sccc1C. The van der Waals surface area contributed by atoms with Crippen LogP contribution >= 0.6 is 11.3 Å². The molecule has 0 aliphatic heterocycles. The lowest BCUT2D eigenvalue weighted by molar-refractivity contribution is 0.699. The van der Waals surface area contributed by atoms with Crippen LogP contribution in [0.3, 0.4) is 0 Å². The topological polar surface area (TPSA) is 12.0 Å². The molecule has 1 aromatic heterocycles. The molecule has 0 aliphatic rings. The monoisotopic (exact) mass is 259 g/mol. The molecular formula is C16H21NS. The third-order valence-electron chi connectivity index (χ3n) is 3.39. The summed E-state index contributed by atoms with van der Waals surface area (Å²) in [7, 11) is 2.03. The number of thiophene rings is 1. The van der Waals surface area contributed by atoms with Crippen molar-refractivity contribution in [2.24, 2.45) is 0 Å². The van der Waals surface area contributed by atoms with Crippen molar-refractivity contribution in [3.05, 3.63) is 57.3 Å². The van der Waals surface area contributed by atoms with E-state index in [1.165, 1.54) is 21.6 Å². The first-order valence-corrected chi connectivity index (χ1v) is 7.32. The molecule has 2 aromatic rings. The van der Waals surface area contributed by atoms with E-state index in [0.29, 0.717) is 12.0 Å². The van der Waals surface area contributed by atoms with Gasteiger partial charge in [-0.1, -0.05) is 38.1 Å². The molecule has 0 bridgehead atoms. The Bertz CT molecular complexity index is 496. The second kappa shape index (κ2) is 5.68. The van der Waals surface area contributed by atoms with Gasteiger partial charge in [0, 0.05) is 4.88 Å². The molecule has 1 N–H and O–H groups in total. The number of rotatable bonds is 4. The van der Waals surface area contributed by atoms with Crippen molar-refractivity contribution in [2.45, 2.75) is 32.7 Å². The minimum absolute atomic E-state index is 0.311. The largest absolute Gasteiger partial charge is 0.309 e. The summed E-state index contributed by atoms with van der Waals surface area (Å²) in [6.45, 7) is 6.64. The lowest BCUT2D eigenvalue weighted by Gasteiger charge is -2.17. The van der Waals surface area contributed by atoms with Crippen LogP contribution in [0.1, 0.15) is 47.4 Å². The highest BCUT2D eigenvalue weighted by atomic mass is 32.1. The fourth-order valence-electron chi connectivity index (χ4n) is 2.20. The van der Waals surface area contributed by atoms with Crippen molar-refractivity contribution in [2.75, 3.05) is 7.05 Å². The first-order chi connectivity index (χ1) is 8.63. The van der Waals surface area contributed by atoms with Gasteiger partial charge in [-0.05, 0) is 48.0 Å². The van der Waals surface area contributed by atoms with Gasteiger partial charge in [-0.15, -0.1) is 11.3 Å². The average molecular weight is 259 g/mol. The number of nitrogens with one attached hydrogen (secondary N) is 1. The van der Waals surface area contributed by atoms with E-state index < -0.39 is 0 Å². The van der Waals surface area contributed by atoms with E-state index >= 15 is 0 Å². The first kappa shape index (κ1) is 13.3. The fraction of sp³-hybridized carbons (Fsp3) is 0.375. The maximum absolute atomic E-state index is 3.42. The molecule has 0 spiro atoms. The molecule has 0 fully saturated rings. The molecule has 2 heteroatoms. The highest BCUT2D eigenvalue weighted by Gasteiger charge is 2.15. The Balaban J connectivity index is 2.31. The number of aryl methyl sites for hydroxylation is 1. The van der Waals surface area contributed by atoms with Gasteiger partial charge < -0.3 is 5.32 Å². The molecule has 1 heterocycles. The summed E-state index contributed by atoms with van der Waals surface area (Å²) in [5.41, 5.74) is 4.11. The molecule has 1 aromatic carbocycles. The smallest absolute Gasteiger partial charge is 0.0671 e. The fourth-order valence-corrected chi connectivity index (χ4v) is 3.27. The zero-order valence-electron chi connectivity index (χ0n) is 11.5. The van der Waals surface area contributed by atoms with Crippen molar-refractivity contribution in [1.82, 2.24) is 5.32 Å². The highest BCUT2D eigenvalue weighted by Crippen LogP contribution is 2.29. The second-order valence-corrected chi connectivity index (χ2v) is 5.96. The summed E-state index contributed by atoms with van der Waals surface area (Å²) >= 11 is 1.83. The van der Waals surface area contributed by atoms with E-state index in [-0.39, 0.29) is 0 Å². The van der Waals surface area contributed by atoms with Gasteiger partial charge in [0.2, 0.25) is 0 Å². The van der Waals surface area contributed by atoms with Gasteiger partial charge in [0.1, 0.15) is 0 Å². The molecule has 0 saturated carbocycles. The zero-order chi connectivity index (χ0) is 13.1. The van der Waals surface area contributed by atoms with Crippen LogP contribution in [0.4, 0.5) is 0 Å². The van der Waals surface area contributed by atoms with Crippen molar-refractivity contribution < 1.29 is 0 Å². The van der Waals surface area contributed by atoms with Crippen LogP contribution in [0.25, 0.3) is 0 Å². The zero-order valence-corrected chi connectivity index (χ0v) is 12.3. The van der Waals surface area contributed by atoms with Gasteiger partial charge in [0.25, 0.3) is 0 Å². The van der Waals surface area contributed by atoms with E-state index in [4.69, 9.17) is 0 Å². The summed E-state index contributed by atoms with van der Waals surface area (Å²) in [5, 5.41) is 5.58. The van der Waals surface area contributed by atoms with E-state index in [1.807, 2.05) is 18.4 Å². The maximum Gasteiger partial charge on any atom is 0.0671 e. The average Bonchev–Trinajstić information content (AvgIpc) is 2.78. The predicted molar refractivity (Wildman–Crippen MR) is 80.5 cm³/mol. The second-order valence-electron chi connectivity index (χ2n) is 5.01. The van der Waals surface area contributed by atoms with Crippen LogP contribution in [-0.4, -0.2) is 7.05 Å². The van der Waals surface area contributed by atoms with Crippen LogP contribution < -0.4 is 5.32 Å². The maximum atomic E-state index is 3.42. The molecule has 0 amide bonds. The van der Waals surface area contributed by atoms with Crippen molar-refractivity contribution in [3.8, 4) is 0 Å². The number of hydrogen-bond acceptors (Lipinski definition) is 2. The van der Waals surface area contributed by atoms with E-state index in [1.54, 1.807) is 0 Å². The van der Waals surface area contributed by atoms with E-state index in [2.05, 4.69) is 61.8 Å². The summed E-state index contributed by atoms with van der Waals surface area (Å²) in [6.07, 6.45) is 0. The molecular weight excluding hydrogens is 238 g/mol. The quantitative estimate of drug-likeness (QED) is 0.853. The number of benzene rings is 1. The standard InChI is InChI=1S/C16H21NS/c1-11(2)13-5-7-14(8-6-13)15(17-4)16-12(3)9-10-18-16/h5-11,15,17H,1-4H3. The number of hydrogen-bond donors (Lipinski definition) is 1. The molecule has 0 aliphatic carbocycles. The van der Waals surface area contributed by atoms with Gasteiger partial charge in [-0.2, -0.15) is 0 Å². The lowest BCUT2D eigenvalue weighted by Crippen LogP contribution is -2.17. The summed E-state index contributed by atoms with van der Waals surface area (Å²) in [4.78, 5) is 1.41. The van der Waals surface area contributed by atoms with Crippen molar-refractivity contribution in [1.29, 1.82) is 0 Å². The van der Waals surface area contributed by atoms with Crippen molar-refractivity contribution in [3.63, 3.8) is 0 Å². The van der Waals surface area contributed by atoms with Crippen LogP contribution in [0.15, 0.2) is 35.7 Å². The molecule has 1 unspecified atom stereocenters. The highest BCUT2D eigenvalue weighted by molar-refractivity contribution is 7.10. The third kappa shape index (κ3) is 2.65. The molecule has 96 valence electrons. The third-order valence-corrected chi connectivity index (χ3v) is 4.47. The molecule has 1 nitrogen and oxygen atoms in total. The Morgan fingerprint density at radius 3 is 2.06 bits per heavy atom. The van der Waals surface area contributed by atoms with Crippen molar-refractivity contribution >= 4 is 11.3 Å². The Morgan fingerprint density at radius 2 is 1.61 bits per heavy atom. The van der Waals surface area contributed by atoms with E-state index in [9.17, 15) is 0 Å². The van der Waals surface area contributed by atoms with Gasteiger partial charge >= 0.3 is 0 Å². The normalized spacial score (nSPS) is 12.9. The molecule has 0 saturated heterocycles. The van der Waals surface area contributed by atoms with Gasteiger partial charge in [-0.3, -0.25) is 0 Å². The molecule has 0 radical (unpaired) electrons. The van der Waals surface area contributed by atoms with Crippen LogP contribution in [0.5, 0.6) is 0 Å². The molecule has 1 atom stereocenters. The Kier molecular flexibility index (Phi) is 4.20.